The number of carbonyl (C=O) groups is 1. The molecule has 7 heteroatoms. The van der Waals surface area contributed by atoms with Crippen molar-refractivity contribution in [1.29, 1.82) is 0 Å². The molecule has 0 aliphatic heterocycles. The smallest absolute Gasteiger partial charge is 0.264 e. The van der Waals surface area contributed by atoms with Crippen LogP contribution in [0.1, 0.15) is 13.3 Å². The van der Waals surface area contributed by atoms with E-state index in [0.717, 1.165) is 16.8 Å². The van der Waals surface area contributed by atoms with E-state index in [4.69, 9.17) is 0 Å². The van der Waals surface area contributed by atoms with Gasteiger partial charge in [-0.25, -0.2) is 12.8 Å². The number of rotatable bonds is 7. The van der Waals surface area contributed by atoms with E-state index in [9.17, 15) is 17.6 Å². The molecular formula is C17H19FN2O3S. The molecule has 2 aromatic carbocycles. The summed E-state index contributed by atoms with van der Waals surface area (Å²) < 4.78 is 40.7. The molecule has 0 spiro atoms. The quantitative estimate of drug-likeness (QED) is 0.834. The maximum absolute atomic E-state index is 14.2. The molecule has 1 amide bonds. The van der Waals surface area contributed by atoms with Crippen molar-refractivity contribution in [3.8, 4) is 0 Å². The largest absolute Gasteiger partial charge is 0.355 e. The van der Waals surface area contributed by atoms with Crippen molar-refractivity contribution >= 4 is 21.6 Å². The lowest BCUT2D eigenvalue weighted by molar-refractivity contribution is -0.119. The molecule has 0 aliphatic rings. The third kappa shape index (κ3) is 4.11. The molecule has 1 N–H and O–H groups in total. The minimum Gasteiger partial charge on any atom is -0.355 e. The summed E-state index contributed by atoms with van der Waals surface area (Å²) in [5.41, 5.74) is -0.159. The number of sulfonamides is 1. The van der Waals surface area contributed by atoms with Crippen molar-refractivity contribution in [1.82, 2.24) is 5.32 Å². The van der Waals surface area contributed by atoms with Gasteiger partial charge < -0.3 is 5.32 Å². The molecule has 0 heterocycles. The van der Waals surface area contributed by atoms with Gasteiger partial charge in [0, 0.05) is 6.54 Å². The Morgan fingerprint density at radius 2 is 1.71 bits per heavy atom. The molecule has 0 radical (unpaired) electrons. The lowest BCUT2D eigenvalue weighted by atomic mass is 10.3. The summed E-state index contributed by atoms with van der Waals surface area (Å²) in [5.74, 6) is -1.19. The maximum atomic E-state index is 14.2. The average molecular weight is 350 g/mol. The van der Waals surface area contributed by atoms with Crippen molar-refractivity contribution in [3.63, 3.8) is 0 Å². The summed E-state index contributed by atoms with van der Waals surface area (Å²) in [5, 5.41) is 2.61. The van der Waals surface area contributed by atoms with Crippen molar-refractivity contribution < 1.29 is 17.6 Å². The maximum Gasteiger partial charge on any atom is 0.264 e. The summed E-state index contributed by atoms with van der Waals surface area (Å²) in [6.07, 6.45) is 0.719. The Morgan fingerprint density at radius 3 is 2.33 bits per heavy atom. The van der Waals surface area contributed by atoms with E-state index in [1.165, 1.54) is 30.3 Å². The summed E-state index contributed by atoms with van der Waals surface area (Å²) >= 11 is 0. The Morgan fingerprint density at radius 1 is 1.08 bits per heavy atom. The van der Waals surface area contributed by atoms with Crippen LogP contribution in [-0.4, -0.2) is 27.4 Å². The van der Waals surface area contributed by atoms with Crippen LogP contribution in [0, 0.1) is 5.82 Å². The molecule has 0 unspecified atom stereocenters. The van der Waals surface area contributed by atoms with Crippen LogP contribution in [0.2, 0.25) is 0 Å². The second-order valence-corrected chi connectivity index (χ2v) is 6.99. The SMILES string of the molecule is CCCNC(=O)CN(c1ccccc1F)S(=O)(=O)c1ccccc1. The molecule has 0 aliphatic carbocycles. The fraction of sp³-hybridized carbons (Fsp3) is 0.235. The first-order valence-electron chi connectivity index (χ1n) is 7.56. The molecule has 128 valence electrons. The van der Waals surface area contributed by atoms with Crippen molar-refractivity contribution in [2.75, 3.05) is 17.4 Å². The third-order valence-corrected chi connectivity index (χ3v) is 5.09. The average Bonchev–Trinajstić information content (AvgIpc) is 2.59. The van der Waals surface area contributed by atoms with E-state index < -0.39 is 28.3 Å². The number of hydrogen-bond donors (Lipinski definition) is 1. The normalized spacial score (nSPS) is 11.1. The Labute approximate surface area is 141 Å². The van der Waals surface area contributed by atoms with E-state index in [1.807, 2.05) is 6.92 Å². The Bertz CT molecular complexity index is 794. The molecule has 0 fully saturated rings. The van der Waals surface area contributed by atoms with E-state index in [2.05, 4.69) is 5.32 Å². The zero-order chi connectivity index (χ0) is 17.6. The van der Waals surface area contributed by atoms with E-state index in [-0.39, 0.29) is 10.6 Å². The number of anilines is 1. The van der Waals surface area contributed by atoms with Gasteiger partial charge in [0.05, 0.1) is 10.6 Å². The number of para-hydroxylation sites is 1. The zero-order valence-electron chi connectivity index (χ0n) is 13.3. The number of carbonyl (C=O) groups excluding carboxylic acids is 1. The molecule has 2 rings (SSSR count). The van der Waals surface area contributed by atoms with E-state index in [1.54, 1.807) is 18.2 Å². The molecule has 0 aromatic heterocycles. The van der Waals surface area contributed by atoms with Crippen LogP contribution < -0.4 is 9.62 Å². The summed E-state index contributed by atoms with van der Waals surface area (Å²) in [6, 6.07) is 13.1. The lowest BCUT2D eigenvalue weighted by Gasteiger charge is -2.24. The standard InChI is InChI=1S/C17H19FN2O3S/c1-2-12-19-17(21)13-20(16-11-7-6-10-15(16)18)24(22,23)14-8-4-3-5-9-14/h3-11H,2,12-13H2,1H3,(H,19,21). The highest BCUT2D eigenvalue weighted by Gasteiger charge is 2.28. The van der Waals surface area contributed by atoms with Gasteiger partial charge in [-0.2, -0.15) is 0 Å². The first kappa shape index (κ1) is 17.9. The second-order valence-electron chi connectivity index (χ2n) is 5.13. The number of hydrogen-bond acceptors (Lipinski definition) is 3. The van der Waals surface area contributed by atoms with Gasteiger partial charge >= 0.3 is 0 Å². The van der Waals surface area contributed by atoms with Crippen LogP contribution in [0.15, 0.2) is 59.5 Å². The van der Waals surface area contributed by atoms with Gasteiger partial charge in [-0.05, 0) is 30.7 Å². The van der Waals surface area contributed by atoms with E-state index >= 15 is 0 Å². The van der Waals surface area contributed by atoms with Crippen molar-refractivity contribution in [3.05, 3.63) is 60.4 Å². The van der Waals surface area contributed by atoms with Gasteiger partial charge in [0.25, 0.3) is 10.0 Å². The molecule has 5 nitrogen and oxygen atoms in total. The number of amides is 1. The predicted octanol–water partition coefficient (Wildman–Crippen LogP) is 2.55. The fourth-order valence-electron chi connectivity index (χ4n) is 2.12. The monoisotopic (exact) mass is 350 g/mol. The van der Waals surface area contributed by atoms with Gasteiger partial charge in [0.2, 0.25) is 5.91 Å². The fourth-order valence-corrected chi connectivity index (χ4v) is 3.57. The molecule has 0 atom stereocenters. The van der Waals surface area contributed by atoms with Crippen molar-refractivity contribution in [2.45, 2.75) is 18.2 Å². The van der Waals surface area contributed by atoms with Crippen LogP contribution >= 0.6 is 0 Å². The summed E-state index contributed by atoms with van der Waals surface area (Å²) in [7, 11) is -4.06. The van der Waals surface area contributed by atoms with Gasteiger partial charge in [0.1, 0.15) is 12.4 Å². The highest BCUT2D eigenvalue weighted by atomic mass is 32.2. The molecule has 0 saturated carbocycles. The highest BCUT2D eigenvalue weighted by molar-refractivity contribution is 7.92. The Balaban J connectivity index is 2.43. The van der Waals surface area contributed by atoms with Gasteiger partial charge in [-0.15, -0.1) is 0 Å². The zero-order valence-corrected chi connectivity index (χ0v) is 14.1. The molecule has 0 bridgehead atoms. The van der Waals surface area contributed by atoms with Gasteiger partial charge in [-0.3, -0.25) is 9.10 Å². The van der Waals surface area contributed by atoms with Gasteiger partial charge in [0.15, 0.2) is 0 Å². The molecule has 24 heavy (non-hydrogen) atoms. The molecule has 0 saturated heterocycles. The van der Waals surface area contributed by atoms with Crippen LogP contribution in [0.5, 0.6) is 0 Å². The van der Waals surface area contributed by atoms with Crippen LogP contribution in [0.4, 0.5) is 10.1 Å². The second kappa shape index (κ2) is 7.92. The lowest BCUT2D eigenvalue weighted by Crippen LogP contribution is -2.41. The number of halogens is 1. The molecule has 2 aromatic rings. The number of benzene rings is 2. The topological polar surface area (TPSA) is 66.5 Å². The predicted molar refractivity (Wildman–Crippen MR) is 90.7 cm³/mol. The summed E-state index contributed by atoms with van der Waals surface area (Å²) in [4.78, 5) is 12.0. The third-order valence-electron chi connectivity index (χ3n) is 3.31. The van der Waals surface area contributed by atoms with Crippen LogP contribution in [0.3, 0.4) is 0 Å². The Kier molecular flexibility index (Phi) is 5.92. The van der Waals surface area contributed by atoms with Gasteiger partial charge in [-0.1, -0.05) is 37.3 Å². The minimum atomic E-state index is -4.06. The minimum absolute atomic E-state index is 0.00320. The Hall–Kier alpha value is -2.41. The molecular weight excluding hydrogens is 331 g/mol. The van der Waals surface area contributed by atoms with Crippen molar-refractivity contribution in [2.24, 2.45) is 0 Å². The van der Waals surface area contributed by atoms with Crippen LogP contribution in [0.25, 0.3) is 0 Å². The highest BCUT2D eigenvalue weighted by Crippen LogP contribution is 2.25. The van der Waals surface area contributed by atoms with Crippen LogP contribution in [-0.2, 0) is 14.8 Å². The first-order valence-corrected chi connectivity index (χ1v) is 9.00. The number of nitrogens with one attached hydrogen (secondary N) is 1. The first-order chi connectivity index (χ1) is 11.5. The summed E-state index contributed by atoms with van der Waals surface area (Å²) in [6.45, 7) is 1.82. The number of nitrogens with zero attached hydrogens (tertiary/aromatic N) is 1. The van der Waals surface area contributed by atoms with E-state index in [0.29, 0.717) is 6.54 Å².